The zero-order valence-electron chi connectivity index (χ0n) is 16.4. The zero-order chi connectivity index (χ0) is 21.0. The third-order valence-corrected chi connectivity index (χ3v) is 4.93. The van der Waals surface area contributed by atoms with E-state index in [2.05, 4.69) is 0 Å². The van der Waals surface area contributed by atoms with E-state index in [1.165, 1.54) is 12.1 Å². The van der Waals surface area contributed by atoms with Crippen LogP contribution < -0.4 is 4.74 Å². The van der Waals surface area contributed by atoms with Crippen molar-refractivity contribution in [3.63, 3.8) is 0 Å². The monoisotopic (exact) mass is 409 g/mol. The van der Waals surface area contributed by atoms with Gasteiger partial charge in [0.15, 0.2) is 11.6 Å². The Kier molecular flexibility index (Phi) is 6.92. The molecule has 0 aromatic heterocycles. The third kappa shape index (κ3) is 4.79. The number of hydrogen-bond donors (Lipinski definition) is 0. The molecule has 3 rings (SSSR count). The molecule has 1 fully saturated rings. The molecule has 1 aliphatic heterocycles. The molecule has 0 unspecified atom stereocenters. The van der Waals surface area contributed by atoms with Gasteiger partial charge in [0.25, 0.3) is 0 Å². The summed E-state index contributed by atoms with van der Waals surface area (Å²) < 4.78 is 68.2. The largest absolute Gasteiger partial charge is 0.451 e. The molecular weight excluding hydrogens is 386 g/mol. The van der Waals surface area contributed by atoms with Crippen molar-refractivity contribution >= 4 is 6.08 Å². The fraction of sp³-hybridized carbons (Fsp3) is 0.364. The number of nitrogens with zero attached hydrogens (tertiary/aromatic N) is 1. The van der Waals surface area contributed by atoms with E-state index in [4.69, 9.17) is 9.47 Å². The van der Waals surface area contributed by atoms with Crippen molar-refractivity contribution in [1.29, 1.82) is 0 Å². The van der Waals surface area contributed by atoms with Crippen LogP contribution in [0.1, 0.15) is 23.6 Å². The summed E-state index contributed by atoms with van der Waals surface area (Å²) in [5.41, 5.74) is 1.13. The Labute approximate surface area is 167 Å². The van der Waals surface area contributed by atoms with Crippen LogP contribution in [0, 0.1) is 30.2 Å². The lowest BCUT2D eigenvalue weighted by Gasteiger charge is -2.25. The second kappa shape index (κ2) is 9.41. The van der Waals surface area contributed by atoms with E-state index in [1.807, 2.05) is 18.7 Å². The van der Waals surface area contributed by atoms with Crippen molar-refractivity contribution in [2.75, 3.05) is 32.8 Å². The van der Waals surface area contributed by atoms with Crippen molar-refractivity contribution in [3.05, 3.63) is 64.2 Å². The highest BCUT2D eigenvalue weighted by Gasteiger charge is 2.26. The van der Waals surface area contributed by atoms with E-state index in [9.17, 15) is 17.6 Å². The van der Waals surface area contributed by atoms with Gasteiger partial charge in [-0.25, -0.2) is 8.78 Å². The summed E-state index contributed by atoms with van der Waals surface area (Å²) in [5.74, 6) is -7.07. The van der Waals surface area contributed by atoms with Crippen molar-refractivity contribution < 1.29 is 27.0 Å². The summed E-state index contributed by atoms with van der Waals surface area (Å²) in [6.07, 6.45) is 3.21. The molecule has 0 aliphatic carbocycles. The number of ether oxygens (including phenoxy) is 2. The molecule has 0 radical (unpaired) electrons. The van der Waals surface area contributed by atoms with E-state index in [-0.39, 0.29) is 5.75 Å². The SMILES string of the molecule is CCc1cc(Oc2c(F)c(F)c(/C=C/CN3CCOCC3)c(F)c2F)ccc1C. The first-order chi connectivity index (χ1) is 13.9. The van der Waals surface area contributed by atoms with Crippen LogP contribution in [0.15, 0.2) is 24.3 Å². The van der Waals surface area contributed by atoms with Gasteiger partial charge in [0, 0.05) is 19.6 Å². The van der Waals surface area contributed by atoms with Crippen LogP contribution in [0.2, 0.25) is 0 Å². The average Bonchev–Trinajstić information content (AvgIpc) is 2.74. The minimum absolute atomic E-state index is 0.111. The standard InChI is InChI=1S/C22H23F4NO2/c1-3-15-13-16(7-6-14(15)2)29-22-20(25)18(23)17(19(24)21(22)26)5-4-8-27-9-11-28-12-10-27/h4-7,13H,3,8-12H2,1-2H3/b5-4+. The van der Waals surface area contributed by atoms with Crippen molar-refractivity contribution in [2.45, 2.75) is 20.3 Å². The minimum Gasteiger partial charge on any atom is -0.451 e. The van der Waals surface area contributed by atoms with Crippen LogP contribution in [0.25, 0.3) is 6.08 Å². The number of halogens is 4. The Bertz CT molecular complexity index is 879. The number of aryl methyl sites for hydroxylation is 2. The average molecular weight is 409 g/mol. The zero-order valence-corrected chi connectivity index (χ0v) is 16.4. The van der Waals surface area contributed by atoms with Gasteiger partial charge in [-0.05, 0) is 36.6 Å². The maximum atomic E-state index is 14.5. The normalized spacial score (nSPS) is 15.2. The molecule has 0 N–H and O–H groups in total. The van der Waals surface area contributed by atoms with E-state index < -0.39 is 34.6 Å². The Balaban J connectivity index is 1.85. The van der Waals surface area contributed by atoms with Gasteiger partial charge in [0.1, 0.15) is 5.75 Å². The van der Waals surface area contributed by atoms with Gasteiger partial charge in [-0.2, -0.15) is 8.78 Å². The predicted octanol–water partition coefficient (Wildman–Crippen LogP) is 5.25. The molecule has 0 spiro atoms. The molecule has 156 valence electrons. The predicted molar refractivity (Wildman–Crippen MR) is 103 cm³/mol. The second-order valence-electron chi connectivity index (χ2n) is 6.86. The summed E-state index contributed by atoms with van der Waals surface area (Å²) in [5, 5.41) is 0. The second-order valence-corrected chi connectivity index (χ2v) is 6.86. The summed E-state index contributed by atoms with van der Waals surface area (Å²) in [4.78, 5) is 2.00. The maximum absolute atomic E-state index is 14.5. The van der Waals surface area contributed by atoms with Crippen LogP contribution in [0.5, 0.6) is 11.5 Å². The lowest BCUT2D eigenvalue weighted by molar-refractivity contribution is 0.0435. The minimum atomic E-state index is -1.56. The molecule has 1 heterocycles. The molecule has 7 heteroatoms. The van der Waals surface area contributed by atoms with Crippen LogP contribution in [0.3, 0.4) is 0 Å². The number of benzene rings is 2. The molecule has 3 nitrogen and oxygen atoms in total. The van der Waals surface area contributed by atoms with Crippen LogP contribution in [0.4, 0.5) is 17.6 Å². The maximum Gasteiger partial charge on any atom is 0.205 e. The molecule has 1 saturated heterocycles. The van der Waals surface area contributed by atoms with Gasteiger partial charge in [-0.15, -0.1) is 0 Å². The number of morpholine rings is 1. The molecule has 2 aromatic rings. The Morgan fingerprint density at radius 2 is 1.69 bits per heavy atom. The first-order valence-electron chi connectivity index (χ1n) is 9.52. The summed E-state index contributed by atoms with van der Waals surface area (Å²) in [6.45, 7) is 6.72. The van der Waals surface area contributed by atoms with Crippen LogP contribution >= 0.6 is 0 Å². The Hall–Kier alpha value is -2.38. The molecule has 1 aliphatic rings. The lowest BCUT2D eigenvalue weighted by atomic mass is 10.1. The van der Waals surface area contributed by atoms with Crippen molar-refractivity contribution in [1.82, 2.24) is 4.90 Å². The molecule has 0 amide bonds. The molecular formula is C22H23F4NO2. The number of rotatable bonds is 6. The lowest BCUT2D eigenvalue weighted by Crippen LogP contribution is -2.36. The van der Waals surface area contributed by atoms with Gasteiger partial charge in [0.2, 0.25) is 17.4 Å². The van der Waals surface area contributed by atoms with Gasteiger partial charge < -0.3 is 9.47 Å². The molecule has 29 heavy (non-hydrogen) atoms. The van der Waals surface area contributed by atoms with Crippen LogP contribution in [-0.2, 0) is 11.2 Å². The van der Waals surface area contributed by atoms with Crippen LogP contribution in [-0.4, -0.2) is 37.7 Å². The topological polar surface area (TPSA) is 21.7 Å². The van der Waals surface area contributed by atoms with E-state index >= 15 is 0 Å². The van der Waals surface area contributed by atoms with Gasteiger partial charge in [-0.1, -0.05) is 25.1 Å². The fourth-order valence-corrected chi connectivity index (χ4v) is 3.18. The summed E-state index contributed by atoms with van der Waals surface area (Å²) in [6, 6.07) is 4.82. The van der Waals surface area contributed by atoms with Gasteiger partial charge in [0.05, 0.1) is 18.8 Å². The van der Waals surface area contributed by atoms with Gasteiger partial charge >= 0.3 is 0 Å². The van der Waals surface area contributed by atoms with E-state index in [0.717, 1.165) is 17.2 Å². The fourth-order valence-electron chi connectivity index (χ4n) is 3.18. The first-order valence-corrected chi connectivity index (χ1v) is 9.52. The van der Waals surface area contributed by atoms with E-state index in [1.54, 1.807) is 12.1 Å². The molecule has 0 saturated carbocycles. The quantitative estimate of drug-likeness (QED) is 0.480. The highest BCUT2D eigenvalue weighted by Crippen LogP contribution is 2.34. The molecule has 0 bridgehead atoms. The summed E-state index contributed by atoms with van der Waals surface area (Å²) >= 11 is 0. The smallest absolute Gasteiger partial charge is 0.205 e. The van der Waals surface area contributed by atoms with Crippen molar-refractivity contribution in [2.24, 2.45) is 0 Å². The Morgan fingerprint density at radius 1 is 1.03 bits per heavy atom. The Morgan fingerprint density at radius 3 is 2.31 bits per heavy atom. The third-order valence-electron chi connectivity index (χ3n) is 4.93. The molecule has 0 atom stereocenters. The highest BCUT2D eigenvalue weighted by molar-refractivity contribution is 5.54. The summed E-state index contributed by atoms with van der Waals surface area (Å²) in [7, 11) is 0. The first kappa shape index (κ1) is 21.3. The van der Waals surface area contributed by atoms with Gasteiger partial charge in [-0.3, -0.25) is 4.90 Å². The molecule has 2 aromatic carbocycles. The highest BCUT2D eigenvalue weighted by atomic mass is 19.2. The van der Waals surface area contributed by atoms with Crippen molar-refractivity contribution in [3.8, 4) is 11.5 Å². The number of hydrogen-bond acceptors (Lipinski definition) is 3. The van der Waals surface area contributed by atoms with E-state index in [0.29, 0.717) is 39.3 Å².